The molecule has 4 aliphatic carbocycles. The van der Waals surface area contributed by atoms with Crippen LogP contribution in [0.25, 0.3) is 0 Å². The van der Waals surface area contributed by atoms with Gasteiger partial charge >= 0.3 is 172 Å². The van der Waals surface area contributed by atoms with Gasteiger partial charge in [-0.15, -0.1) is 0 Å². The fourth-order valence-electron chi connectivity index (χ4n) is 8.29. The van der Waals surface area contributed by atoms with Crippen molar-refractivity contribution >= 4 is 20.8 Å². The van der Waals surface area contributed by atoms with E-state index < -0.39 is 5.31 Å². The van der Waals surface area contributed by atoms with Gasteiger partial charge in [-0.1, -0.05) is 0 Å². The van der Waals surface area contributed by atoms with Crippen LogP contribution >= 0.6 is 20.8 Å². The van der Waals surface area contributed by atoms with E-state index in [-0.39, 0.29) is 0 Å². The Morgan fingerprint density at radius 2 is 0.538 bits per heavy atom. The van der Waals surface area contributed by atoms with Gasteiger partial charge in [-0.3, -0.25) is 0 Å². The molecule has 152 valence electrons. The average Bonchev–Trinajstić information content (AvgIpc) is 2.76. The number of rotatable bonds is 4. The molecule has 0 aromatic rings. The van der Waals surface area contributed by atoms with Gasteiger partial charge in [-0.25, -0.2) is 0 Å². The van der Waals surface area contributed by atoms with Gasteiger partial charge in [0.15, 0.2) is 0 Å². The minimum absolute atomic E-state index is 1.10. The summed E-state index contributed by atoms with van der Waals surface area (Å²) < 4.78 is 0. The first-order valence-corrected chi connectivity index (χ1v) is 17.0. The van der Waals surface area contributed by atoms with Gasteiger partial charge in [0.25, 0.3) is 0 Å². The first-order valence-electron chi connectivity index (χ1n) is 12.5. The SMILES string of the molecule is BrP(C1CCCCC1)(C1CCCCC1)(C1CCCCC1)C1CCCCC1. The summed E-state index contributed by atoms with van der Waals surface area (Å²) in [5, 5.41) is -1.90. The number of hydrogen-bond donors (Lipinski definition) is 0. The van der Waals surface area contributed by atoms with E-state index in [0.29, 0.717) is 0 Å². The van der Waals surface area contributed by atoms with Crippen LogP contribution in [0, 0.1) is 0 Å². The Morgan fingerprint density at radius 3 is 0.731 bits per heavy atom. The summed E-state index contributed by atoms with van der Waals surface area (Å²) in [6.45, 7) is 0. The molecule has 0 aromatic carbocycles. The fourth-order valence-corrected chi connectivity index (χ4v) is 22.6. The molecule has 0 saturated heterocycles. The zero-order chi connectivity index (χ0) is 17.9. The molecule has 4 aliphatic rings. The standard InChI is InChI=1S/C24H44BrP/c25-26(21-13-5-1-6-14-21,22-15-7-2-8-16-22,23-17-9-3-10-18-23)24-19-11-4-12-20-24/h21-24H,1-20H2. The van der Waals surface area contributed by atoms with Crippen molar-refractivity contribution < 1.29 is 0 Å². The molecule has 0 N–H and O–H groups in total. The van der Waals surface area contributed by atoms with Crippen LogP contribution in [0.2, 0.25) is 0 Å². The zero-order valence-electron chi connectivity index (χ0n) is 17.3. The van der Waals surface area contributed by atoms with E-state index in [1.165, 1.54) is 25.7 Å². The maximum absolute atomic E-state index is 5.07. The van der Waals surface area contributed by atoms with Crippen molar-refractivity contribution in [3.63, 3.8) is 0 Å². The molecule has 0 unspecified atom stereocenters. The van der Waals surface area contributed by atoms with E-state index in [2.05, 4.69) is 0 Å². The van der Waals surface area contributed by atoms with Gasteiger partial charge in [0.2, 0.25) is 0 Å². The molecule has 4 saturated carbocycles. The molecule has 0 radical (unpaired) electrons. The summed E-state index contributed by atoms with van der Waals surface area (Å²) in [5.74, 6) is 0. The molecular weight excluding hydrogens is 399 g/mol. The van der Waals surface area contributed by atoms with Crippen LogP contribution in [0.5, 0.6) is 0 Å². The number of hydrogen-bond acceptors (Lipinski definition) is 0. The van der Waals surface area contributed by atoms with Gasteiger partial charge in [-0.05, 0) is 0 Å². The van der Waals surface area contributed by atoms with E-state index in [1.54, 1.807) is 103 Å². The van der Waals surface area contributed by atoms with E-state index in [9.17, 15) is 0 Å². The molecule has 0 aliphatic heterocycles. The fraction of sp³-hybridized carbons (Fsp3) is 1.00. The summed E-state index contributed by atoms with van der Waals surface area (Å²) in [6, 6.07) is 0. The monoisotopic (exact) mass is 442 g/mol. The Balaban J connectivity index is 1.79. The molecule has 0 atom stereocenters. The average molecular weight is 443 g/mol. The van der Waals surface area contributed by atoms with E-state index >= 15 is 0 Å². The first-order chi connectivity index (χ1) is 12.7. The van der Waals surface area contributed by atoms with E-state index in [0.717, 1.165) is 22.6 Å². The Kier molecular flexibility index (Phi) is 6.78. The van der Waals surface area contributed by atoms with Crippen molar-refractivity contribution in [1.29, 1.82) is 0 Å². The second kappa shape index (κ2) is 8.73. The van der Waals surface area contributed by atoms with Crippen LogP contribution in [0.15, 0.2) is 0 Å². The van der Waals surface area contributed by atoms with Gasteiger partial charge in [0.1, 0.15) is 0 Å². The van der Waals surface area contributed by atoms with Crippen molar-refractivity contribution in [3.05, 3.63) is 0 Å². The zero-order valence-corrected chi connectivity index (χ0v) is 19.8. The quantitative estimate of drug-likeness (QED) is 0.380. The Morgan fingerprint density at radius 1 is 0.346 bits per heavy atom. The summed E-state index contributed by atoms with van der Waals surface area (Å²) in [4.78, 5) is 0. The van der Waals surface area contributed by atoms with Crippen LogP contribution in [0.3, 0.4) is 0 Å². The maximum atomic E-state index is 5.07. The van der Waals surface area contributed by atoms with E-state index in [4.69, 9.17) is 15.5 Å². The van der Waals surface area contributed by atoms with Crippen molar-refractivity contribution in [2.24, 2.45) is 0 Å². The minimum atomic E-state index is -1.90. The van der Waals surface area contributed by atoms with Gasteiger partial charge in [0.05, 0.1) is 0 Å². The topological polar surface area (TPSA) is 0 Å². The van der Waals surface area contributed by atoms with Crippen LogP contribution in [0.4, 0.5) is 0 Å². The second-order valence-electron chi connectivity index (χ2n) is 10.5. The molecule has 4 rings (SSSR count). The Hall–Kier alpha value is 0.910. The molecular formula is C24H44BrP. The Bertz CT molecular complexity index is 354. The Labute approximate surface area is 171 Å². The molecule has 26 heavy (non-hydrogen) atoms. The third-order valence-electron chi connectivity index (χ3n) is 9.38. The van der Waals surface area contributed by atoms with Crippen molar-refractivity contribution in [2.45, 2.75) is 151 Å². The first kappa shape index (κ1) is 20.2. The summed E-state index contributed by atoms with van der Waals surface area (Å²) in [5.41, 5.74) is 4.40. The third kappa shape index (κ3) is 3.38. The molecule has 0 amide bonds. The predicted octanol–water partition coefficient (Wildman–Crippen LogP) is 9.18. The van der Waals surface area contributed by atoms with Crippen LogP contribution in [0.1, 0.15) is 128 Å². The summed E-state index contributed by atoms with van der Waals surface area (Å²) in [7, 11) is 0. The van der Waals surface area contributed by atoms with Crippen LogP contribution in [-0.4, -0.2) is 22.6 Å². The van der Waals surface area contributed by atoms with Gasteiger partial charge < -0.3 is 0 Å². The second-order valence-corrected chi connectivity index (χ2v) is 20.9. The van der Waals surface area contributed by atoms with Crippen molar-refractivity contribution in [3.8, 4) is 0 Å². The molecule has 4 fully saturated rings. The summed E-state index contributed by atoms with van der Waals surface area (Å²) in [6.07, 6.45) is 31.1. The van der Waals surface area contributed by atoms with E-state index in [1.807, 2.05) is 0 Å². The third-order valence-corrected chi connectivity index (χ3v) is 24.6. The van der Waals surface area contributed by atoms with Crippen molar-refractivity contribution in [1.82, 2.24) is 0 Å². The van der Waals surface area contributed by atoms with Gasteiger partial charge in [0, 0.05) is 0 Å². The normalized spacial score (nSPS) is 30.7. The summed E-state index contributed by atoms with van der Waals surface area (Å²) >= 11 is 5.07. The molecule has 0 nitrogen and oxygen atoms in total. The van der Waals surface area contributed by atoms with Crippen LogP contribution in [-0.2, 0) is 0 Å². The molecule has 2 heteroatoms. The predicted molar refractivity (Wildman–Crippen MR) is 123 cm³/mol. The molecule has 0 heterocycles. The van der Waals surface area contributed by atoms with Crippen LogP contribution < -0.4 is 0 Å². The molecule has 0 aromatic heterocycles. The molecule has 0 spiro atoms. The van der Waals surface area contributed by atoms with Crippen molar-refractivity contribution in [2.75, 3.05) is 0 Å². The molecule has 0 bridgehead atoms. The number of halogens is 1. The van der Waals surface area contributed by atoms with Gasteiger partial charge in [-0.2, -0.15) is 0 Å².